The average Bonchev–Trinajstić information content (AvgIpc) is 2.60. The van der Waals surface area contributed by atoms with Gasteiger partial charge in [0, 0.05) is 29.9 Å². The quantitative estimate of drug-likeness (QED) is 0.690. The number of aryl methyl sites for hydroxylation is 2. The average molecular weight is 386 g/mol. The van der Waals surface area contributed by atoms with Crippen LogP contribution in [-0.2, 0) is 0 Å². The third kappa shape index (κ3) is 4.65. The Morgan fingerprint density at radius 1 is 0.852 bits per heavy atom. The molecule has 27 heavy (non-hydrogen) atoms. The summed E-state index contributed by atoms with van der Waals surface area (Å²) in [6.45, 7) is 4.27. The number of rotatable bonds is 3. The lowest BCUT2D eigenvalue weighted by Gasteiger charge is -2.53. The monoisotopic (exact) mass is 385 g/mol. The first-order valence-corrected chi connectivity index (χ1v) is 11.4. The summed E-state index contributed by atoms with van der Waals surface area (Å²) in [5.74, 6) is 0. The lowest BCUT2D eigenvalue weighted by Crippen LogP contribution is -2.60. The maximum atomic E-state index is 5.65. The highest BCUT2D eigenvalue weighted by molar-refractivity contribution is 7.80. The van der Waals surface area contributed by atoms with Crippen LogP contribution in [0, 0.1) is 13.8 Å². The van der Waals surface area contributed by atoms with Crippen molar-refractivity contribution in [2.24, 2.45) is 0 Å². The summed E-state index contributed by atoms with van der Waals surface area (Å²) < 4.78 is 0. The Morgan fingerprint density at radius 3 is 2.07 bits per heavy atom. The summed E-state index contributed by atoms with van der Waals surface area (Å²) in [4.78, 5) is 2.95. The van der Waals surface area contributed by atoms with Crippen LogP contribution < -0.4 is 10.6 Å². The van der Waals surface area contributed by atoms with Crippen molar-refractivity contribution in [3.63, 3.8) is 0 Å². The van der Waals surface area contributed by atoms with Crippen LogP contribution in [-0.4, -0.2) is 34.2 Å². The van der Waals surface area contributed by atoms with E-state index >= 15 is 0 Å². The van der Waals surface area contributed by atoms with Crippen molar-refractivity contribution in [2.75, 3.05) is 5.32 Å². The molecule has 0 aromatic heterocycles. The highest BCUT2D eigenvalue weighted by Crippen LogP contribution is 2.39. The molecule has 2 heterocycles. The Balaban J connectivity index is 1.36. The van der Waals surface area contributed by atoms with E-state index < -0.39 is 0 Å². The SMILES string of the molecule is Cc1cc(C)cc(NC(=S)NC2C[C@@H]3CCC[C@@H](C2)N3C2CCCCC2)c1. The molecule has 1 aromatic rings. The van der Waals surface area contributed by atoms with Gasteiger partial charge in [0.2, 0.25) is 0 Å². The molecule has 3 fully saturated rings. The molecule has 3 nitrogen and oxygen atoms in total. The van der Waals surface area contributed by atoms with E-state index in [-0.39, 0.29) is 0 Å². The lowest BCUT2D eigenvalue weighted by molar-refractivity contribution is -0.0195. The number of nitrogens with one attached hydrogen (secondary N) is 2. The molecular weight excluding hydrogens is 350 g/mol. The van der Waals surface area contributed by atoms with Crippen molar-refractivity contribution < 1.29 is 0 Å². The lowest BCUT2D eigenvalue weighted by atomic mass is 9.78. The molecule has 2 atom stereocenters. The fraction of sp³-hybridized carbons (Fsp3) is 0.696. The van der Waals surface area contributed by atoms with Gasteiger partial charge in [0.05, 0.1) is 0 Å². The molecule has 2 aliphatic heterocycles. The van der Waals surface area contributed by atoms with Gasteiger partial charge in [-0.15, -0.1) is 0 Å². The summed E-state index contributed by atoms with van der Waals surface area (Å²) in [5.41, 5.74) is 3.65. The van der Waals surface area contributed by atoms with E-state index in [0.717, 1.165) is 28.9 Å². The number of hydrogen-bond donors (Lipinski definition) is 2. The summed E-state index contributed by atoms with van der Waals surface area (Å²) >= 11 is 5.65. The Labute approximate surface area is 170 Å². The summed E-state index contributed by atoms with van der Waals surface area (Å²) in [6, 6.07) is 9.44. The van der Waals surface area contributed by atoms with Crippen LogP contribution in [0.5, 0.6) is 0 Å². The number of hydrogen-bond acceptors (Lipinski definition) is 2. The van der Waals surface area contributed by atoms with E-state index in [0.29, 0.717) is 6.04 Å². The van der Waals surface area contributed by atoms with E-state index in [4.69, 9.17) is 12.2 Å². The van der Waals surface area contributed by atoms with Gasteiger partial charge in [-0.1, -0.05) is 31.7 Å². The Bertz CT molecular complexity index is 633. The van der Waals surface area contributed by atoms with E-state index in [1.807, 2.05) is 0 Å². The molecule has 148 valence electrons. The van der Waals surface area contributed by atoms with Crippen LogP contribution in [0.25, 0.3) is 0 Å². The van der Waals surface area contributed by atoms with Gasteiger partial charge in [0.1, 0.15) is 0 Å². The second-order valence-corrected chi connectivity index (χ2v) is 9.53. The van der Waals surface area contributed by atoms with Gasteiger partial charge >= 0.3 is 0 Å². The van der Waals surface area contributed by atoms with Crippen LogP contribution in [0.3, 0.4) is 0 Å². The first kappa shape index (κ1) is 19.2. The fourth-order valence-electron chi connectivity index (χ4n) is 5.91. The molecule has 0 spiro atoms. The molecule has 1 aliphatic carbocycles. The highest BCUT2D eigenvalue weighted by atomic mass is 32.1. The van der Waals surface area contributed by atoms with Crippen molar-refractivity contribution in [3.8, 4) is 0 Å². The highest BCUT2D eigenvalue weighted by Gasteiger charge is 2.41. The molecule has 4 rings (SSSR count). The summed E-state index contributed by atoms with van der Waals surface area (Å²) in [5, 5.41) is 7.86. The first-order chi connectivity index (χ1) is 13.1. The second kappa shape index (κ2) is 8.48. The Kier molecular flexibility index (Phi) is 6.03. The van der Waals surface area contributed by atoms with E-state index in [1.54, 1.807) is 0 Å². The van der Waals surface area contributed by atoms with Crippen molar-refractivity contribution in [3.05, 3.63) is 29.3 Å². The van der Waals surface area contributed by atoms with Crippen LogP contribution in [0.1, 0.15) is 75.3 Å². The maximum Gasteiger partial charge on any atom is 0.170 e. The molecule has 0 radical (unpaired) electrons. The van der Waals surface area contributed by atoms with Crippen LogP contribution in [0.4, 0.5) is 5.69 Å². The second-order valence-electron chi connectivity index (χ2n) is 9.12. The normalized spacial score (nSPS) is 29.3. The molecule has 0 unspecified atom stereocenters. The van der Waals surface area contributed by atoms with Gasteiger partial charge in [-0.05, 0) is 87.8 Å². The van der Waals surface area contributed by atoms with E-state index in [2.05, 4.69) is 47.6 Å². The first-order valence-electron chi connectivity index (χ1n) is 11.0. The van der Waals surface area contributed by atoms with Gasteiger partial charge in [-0.2, -0.15) is 0 Å². The molecule has 3 aliphatic rings. The minimum atomic E-state index is 0.519. The Hall–Kier alpha value is -1.13. The zero-order chi connectivity index (χ0) is 18.8. The zero-order valence-electron chi connectivity index (χ0n) is 17.0. The van der Waals surface area contributed by atoms with Gasteiger partial charge in [0.15, 0.2) is 5.11 Å². The zero-order valence-corrected chi connectivity index (χ0v) is 17.8. The van der Waals surface area contributed by atoms with Crippen LogP contribution in [0.2, 0.25) is 0 Å². The van der Waals surface area contributed by atoms with Crippen molar-refractivity contribution in [1.82, 2.24) is 10.2 Å². The molecule has 0 amide bonds. The number of anilines is 1. The van der Waals surface area contributed by atoms with Crippen LogP contribution in [0.15, 0.2) is 18.2 Å². The van der Waals surface area contributed by atoms with Gasteiger partial charge < -0.3 is 10.6 Å². The number of fused-ring (bicyclic) bond motifs is 2. The van der Waals surface area contributed by atoms with E-state index in [1.165, 1.54) is 75.3 Å². The number of piperidine rings is 2. The minimum Gasteiger partial charge on any atom is -0.360 e. The number of thiocarbonyl (C=S) groups is 1. The molecule has 1 saturated carbocycles. The largest absolute Gasteiger partial charge is 0.360 e. The third-order valence-electron chi connectivity index (χ3n) is 6.84. The molecule has 1 aromatic carbocycles. The smallest absolute Gasteiger partial charge is 0.170 e. The van der Waals surface area contributed by atoms with Gasteiger partial charge in [-0.3, -0.25) is 4.90 Å². The maximum absolute atomic E-state index is 5.65. The topological polar surface area (TPSA) is 27.3 Å². The minimum absolute atomic E-state index is 0.519. The molecular formula is C23H35N3S. The fourth-order valence-corrected chi connectivity index (χ4v) is 6.19. The van der Waals surface area contributed by atoms with Gasteiger partial charge in [-0.25, -0.2) is 0 Å². The summed E-state index contributed by atoms with van der Waals surface area (Å²) in [6.07, 6.45) is 13.8. The predicted molar refractivity (Wildman–Crippen MR) is 118 cm³/mol. The van der Waals surface area contributed by atoms with Crippen molar-refractivity contribution >= 4 is 23.0 Å². The van der Waals surface area contributed by atoms with Crippen LogP contribution >= 0.6 is 12.2 Å². The standard InChI is InChI=1S/C23H35N3S/c1-16-11-17(2)13-18(12-16)24-23(27)25-19-14-21-9-6-10-22(15-19)26(21)20-7-4-3-5-8-20/h11-13,19-22H,3-10,14-15H2,1-2H3,(H2,24,25,27)/t21-,22-/m0/s1. The van der Waals surface area contributed by atoms with Gasteiger partial charge in [0.25, 0.3) is 0 Å². The van der Waals surface area contributed by atoms with E-state index in [9.17, 15) is 0 Å². The Morgan fingerprint density at radius 2 is 1.44 bits per heavy atom. The molecule has 2 N–H and O–H groups in total. The molecule has 2 bridgehead atoms. The number of benzene rings is 1. The third-order valence-corrected chi connectivity index (χ3v) is 7.06. The number of nitrogens with zero attached hydrogens (tertiary/aromatic N) is 1. The summed E-state index contributed by atoms with van der Waals surface area (Å²) in [7, 11) is 0. The molecule has 2 saturated heterocycles. The predicted octanol–water partition coefficient (Wildman–Crippen LogP) is 5.31. The van der Waals surface area contributed by atoms with Crippen molar-refractivity contribution in [1.29, 1.82) is 0 Å². The molecule has 4 heteroatoms. The van der Waals surface area contributed by atoms with Crippen molar-refractivity contribution in [2.45, 2.75) is 102 Å².